The van der Waals surface area contributed by atoms with Crippen molar-refractivity contribution in [2.75, 3.05) is 30.5 Å². The van der Waals surface area contributed by atoms with E-state index in [0.717, 1.165) is 17.9 Å². The molecule has 2 heterocycles. The van der Waals surface area contributed by atoms with Crippen molar-refractivity contribution in [3.63, 3.8) is 0 Å². The maximum Gasteiger partial charge on any atom is 0.241 e. The molecule has 1 saturated carbocycles. The second-order valence-electron chi connectivity index (χ2n) is 4.62. The lowest BCUT2D eigenvalue weighted by molar-refractivity contribution is 0.134. The summed E-state index contributed by atoms with van der Waals surface area (Å²) in [5.74, 6) is 7.16. The van der Waals surface area contributed by atoms with Gasteiger partial charge in [0, 0.05) is 13.2 Å². The monoisotopic (exact) mass is 263 g/mol. The Labute approximate surface area is 110 Å². The first kappa shape index (κ1) is 12.1. The number of H-pyrrole nitrogens is 1. The van der Waals surface area contributed by atoms with Crippen molar-refractivity contribution in [2.24, 2.45) is 11.8 Å². The molecule has 0 aromatic carbocycles. The van der Waals surface area contributed by atoms with E-state index in [1.54, 1.807) is 6.20 Å². The SMILES string of the molecule is NNc1nc(NCCOCC2CC2)c2cn[nH]c2n1. The average Bonchev–Trinajstić information content (AvgIpc) is 3.13. The third-order valence-corrected chi connectivity index (χ3v) is 3.03. The Hall–Kier alpha value is -1.93. The number of ether oxygens (including phenoxy) is 1. The molecular weight excluding hydrogens is 246 g/mol. The normalized spacial score (nSPS) is 14.8. The van der Waals surface area contributed by atoms with Crippen LogP contribution in [0.25, 0.3) is 11.0 Å². The summed E-state index contributed by atoms with van der Waals surface area (Å²) in [5, 5.41) is 10.8. The van der Waals surface area contributed by atoms with Gasteiger partial charge in [-0.3, -0.25) is 10.5 Å². The molecule has 0 spiro atoms. The van der Waals surface area contributed by atoms with Crippen LogP contribution in [0.2, 0.25) is 0 Å². The lowest BCUT2D eigenvalue weighted by Crippen LogP contribution is -2.15. The van der Waals surface area contributed by atoms with E-state index in [1.165, 1.54) is 12.8 Å². The molecule has 2 aromatic rings. The average molecular weight is 263 g/mol. The van der Waals surface area contributed by atoms with Gasteiger partial charge in [0.25, 0.3) is 0 Å². The van der Waals surface area contributed by atoms with E-state index in [9.17, 15) is 0 Å². The highest BCUT2D eigenvalue weighted by Gasteiger charge is 2.20. The van der Waals surface area contributed by atoms with Crippen LogP contribution in [-0.2, 0) is 4.74 Å². The molecule has 19 heavy (non-hydrogen) atoms. The first-order valence-corrected chi connectivity index (χ1v) is 6.36. The first-order chi connectivity index (χ1) is 9.36. The maximum absolute atomic E-state index is 5.56. The molecule has 0 amide bonds. The predicted molar refractivity (Wildman–Crippen MR) is 71.5 cm³/mol. The molecule has 0 radical (unpaired) electrons. The quantitative estimate of drug-likeness (QED) is 0.326. The summed E-state index contributed by atoms with van der Waals surface area (Å²) in [6.07, 6.45) is 4.30. The minimum absolute atomic E-state index is 0.346. The lowest BCUT2D eigenvalue weighted by Gasteiger charge is -2.08. The summed E-state index contributed by atoms with van der Waals surface area (Å²) in [6.45, 7) is 2.21. The van der Waals surface area contributed by atoms with E-state index in [2.05, 4.69) is 30.9 Å². The second-order valence-corrected chi connectivity index (χ2v) is 4.62. The van der Waals surface area contributed by atoms with Crippen molar-refractivity contribution in [3.8, 4) is 0 Å². The molecule has 5 N–H and O–H groups in total. The zero-order chi connectivity index (χ0) is 13.1. The minimum Gasteiger partial charge on any atom is -0.379 e. The Balaban J connectivity index is 1.60. The molecule has 1 aliphatic carbocycles. The third kappa shape index (κ3) is 2.91. The predicted octanol–water partition coefficient (Wildman–Crippen LogP) is 0.477. The number of nitrogens with two attached hydrogens (primary N) is 1. The molecule has 8 nitrogen and oxygen atoms in total. The second kappa shape index (κ2) is 5.37. The van der Waals surface area contributed by atoms with Gasteiger partial charge in [0.1, 0.15) is 5.82 Å². The van der Waals surface area contributed by atoms with Crippen LogP contribution in [0.4, 0.5) is 11.8 Å². The van der Waals surface area contributed by atoms with Gasteiger partial charge < -0.3 is 10.1 Å². The Morgan fingerprint density at radius 1 is 1.42 bits per heavy atom. The molecule has 0 saturated heterocycles. The van der Waals surface area contributed by atoms with E-state index in [-0.39, 0.29) is 0 Å². The standard InChI is InChI=1S/C11H17N7O/c12-17-11-15-9(8-5-14-18-10(8)16-11)13-3-4-19-6-7-1-2-7/h5,7H,1-4,6,12H2,(H3,13,14,15,16,17,18). The topological polar surface area (TPSA) is 114 Å². The summed E-state index contributed by atoms with van der Waals surface area (Å²) in [6, 6.07) is 0. The zero-order valence-electron chi connectivity index (χ0n) is 10.5. The number of anilines is 2. The summed E-state index contributed by atoms with van der Waals surface area (Å²) in [5.41, 5.74) is 3.08. The Kier molecular flexibility index (Phi) is 3.43. The van der Waals surface area contributed by atoms with Crippen LogP contribution >= 0.6 is 0 Å². The van der Waals surface area contributed by atoms with Crippen LogP contribution in [-0.4, -0.2) is 39.9 Å². The fourth-order valence-electron chi connectivity index (χ4n) is 1.81. The smallest absolute Gasteiger partial charge is 0.241 e. The Bertz CT molecular complexity index is 551. The number of aromatic nitrogens is 4. The van der Waals surface area contributed by atoms with E-state index in [4.69, 9.17) is 10.6 Å². The fourth-order valence-corrected chi connectivity index (χ4v) is 1.81. The van der Waals surface area contributed by atoms with Crippen molar-refractivity contribution in [1.82, 2.24) is 20.2 Å². The minimum atomic E-state index is 0.346. The van der Waals surface area contributed by atoms with Gasteiger partial charge in [-0.05, 0) is 18.8 Å². The number of hydrogen-bond acceptors (Lipinski definition) is 7. The van der Waals surface area contributed by atoms with Gasteiger partial charge in [-0.2, -0.15) is 15.1 Å². The van der Waals surface area contributed by atoms with Crippen LogP contribution in [0.1, 0.15) is 12.8 Å². The van der Waals surface area contributed by atoms with Crippen LogP contribution in [0.15, 0.2) is 6.20 Å². The molecule has 0 bridgehead atoms. The summed E-state index contributed by atoms with van der Waals surface area (Å²) in [4.78, 5) is 8.42. The number of hydrogen-bond donors (Lipinski definition) is 4. The van der Waals surface area contributed by atoms with E-state index in [0.29, 0.717) is 30.6 Å². The van der Waals surface area contributed by atoms with Crippen molar-refractivity contribution in [2.45, 2.75) is 12.8 Å². The summed E-state index contributed by atoms with van der Waals surface area (Å²) in [7, 11) is 0. The highest BCUT2D eigenvalue weighted by Crippen LogP contribution is 2.28. The largest absolute Gasteiger partial charge is 0.379 e. The van der Waals surface area contributed by atoms with Gasteiger partial charge in [-0.15, -0.1) is 0 Å². The number of nitrogens with one attached hydrogen (secondary N) is 3. The maximum atomic E-state index is 5.56. The zero-order valence-corrected chi connectivity index (χ0v) is 10.5. The molecule has 0 aliphatic heterocycles. The highest BCUT2D eigenvalue weighted by molar-refractivity contribution is 5.86. The number of aromatic amines is 1. The molecule has 1 fully saturated rings. The van der Waals surface area contributed by atoms with Gasteiger partial charge in [-0.25, -0.2) is 5.84 Å². The van der Waals surface area contributed by atoms with E-state index in [1.807, 2.05) is 0 Å². The molecule has 0 atom stereocenters. The van der Waals surface area contributed by atoms with Crippen molar-refractivity contribution in [1.29, 1.82) is 0 Å². The van der Waals surface area contributed by atoms with Crippen molar-refractivity contribution >= 4 is 22.8 Å². The molecular formula is C11H17N7O. The van der Waals surface area contributed by atoms with Gasteiger partial charge in [0.05, 0.1) is 18.2 Å². The highest BCUT2D eigenvalue weighted by atomic mass is 16.5. The first-order valence-electron chi connectivity index (χ1n) is 6.36. The number of hydrazine groups is 1. The van der Waals surface area contributed by atoms with Crippen molar-refractivity contribution in [3.05, 3.63) is 6.20 Å². The molecule has 2 aromatic heterocycles. The van der Waals surface area contributed by atoms with Gasteiger partial charge in [0.15, 0.2) is 5.65 Å². The van der Waals surface area contributed by atoms with Gasteiger partial charge in [0.2, 0.25) is 5.95 Å². The molecule has 8 heteroatoms. The van der Waals surface area contributed by atoms with E-state index >= 15 is 0 Å². The summed E-state index contributed by atoms with van der Waals surface area (Å²) >= 11 is 0. The van der Waals surface area contributed by atoms with Crippen LogP contribution in [0, 0.1) is 5.92 Å². The number of rotatable bonds is 7. The Morgan fingerprint density at radius 2 is 2.32 bits per heavy atom. The third-order valence-electron chi connectivity index (χ3n) is 3.03. The lowest BCUT2D eigenvalue weighted by atomic mass is 10.4. The fraction of sp³-hybridized carbons (Fsp3) is 0.545. The summed E-state index contributed by atoms with van der Waals surface area (Å²) < 4.78 is 5.56. The van der Waals surface area contributed by atoms with Crippen LogP contribution < -0.4 is 16.6 Å². The van der Waals surface area contributed by atoms with Gasteiger partial charge in [-0.1, -0.05) is 0 Å². The number of fused-ring (bicyclic) bond motifs is 1. The van der Waals surface area contributed by atoms with Crippen molar-refractivity contribution < 1.29 is 4.74 Å². The van der Waals surface area contributed by atoms with Crippen LogP contribution in [0.5, 0.6) is 0 Å². The molecule has 1 aliphatic rings. The number of nitrogens with zero attached hydrogens (tertiary/aromatic N) is 3. The molecule has 0 unspecified atom stereocenters. The number of nitrogen functional groups attached to an aromatic ring is 1. The van der Waals surface area contributed by atoms with Crippen LogP contribution in [0.3, 0.4) is 0 Å². The van der Waals surface area contributed by atoms with Gasteiger partial charge >= 0.3 is 0 Å². The molecule has 3 rings (SSSR count). The molecule has 102 valence electrons. The Morgan fingerprint density at radius 3 is 3.11 bits per heavy atom. The van der Waals surface area contributed by atoms with E-state index < -0.39 is 0 Å².